The van der Waals surface area contributed by atoms with Crippen LogP contribution in [-0.2, 0) is 9.53 Å². The van der Waals surface area contributed by atoms with E-state index in [-0.39, 0.29) is 17.4 Å². The lowest BCUT2D eigenvalue weighted by molar-refractivity contribution is -0.111. The molecule has 1 atom stereocenters. The number of carbonyl (C=O) groups is 1. The zero-order valence-corrected chi connectivity index (χ0v) is 23.6. The van der Waals surface area contributed by atoms with E-state index < -0.39 is 0 Å². The van der Waals surface area contributed by atoms with Gasteiger partial charge in [0.1, 0.15) is 23.3 Å². The van der Waals surface area contributed by atoms with Crippen LogP contribution in [0.5, 0.6) is 11.5 Å². The minimum absolute atomic E-state index is 0.161. The molecule has 6 rings (SSSR count). The van der Waals surface area contributed by atoms with Gasteiger partial charge in [0.15, 0.2) is 11.5 Å². The molecule has 1 fully saturated rings. The number of hydrogen-bond acceptors (Lipinski definition) is 8. The van der Waals surface area contributed by atoms with Crippen LogP contribution < -0.4 is 21.5 Å². The maximum absolute atomic E-state index is 13.9. The molecule has 43 heavy (non-hydrogen) atoms. The molecule has 3 aromatic carbocycles. The summed E-state index contributed by atoms with van der Waals surface area (Å²) in [5, 5.41) is 2.88. The van der Waals surface area contributed by atoms with E-state index in [9.17, 15) is 9.59 Å². The quantitative estimate of drug-likeness (QED) is 0.250. The highest BCUT2D eigenvalue weighted by molar-refractivity contribution is 5.99. The van der Waals surface area contributed by atoms with Crippen molar-refractivity contribution in [1.29, 1.82) is 0 Å². The number of ether oxygens (including phenoxy) is 2. The SMILES string of the molecule is CN(CC=CC(=O)Nc1cccc(-n2c(=O)n(-c3ccc(Oc4ccccc4)cc3)c3c(N)ncnc32)c1)[C@H]1CCOC1. The van der Waals surface area contributed by atoms with Crippen LogP contribution in [0.1, 0.15) is 6.42 Å². The Morgan fingerprint density at radius 2 is 1.84 bits per heavy atom. The molecule has 5 aromatic rings. The van der Waals surface area contributed by atoms with Crippen LogP contribution in [-0.4, -0.2) is 62.8 Å². The van der Waals surface area contributed by atoms with Crippen molar-refractivity contribution in [2.75, 3.05) is 37.9 Å². The topological polar surface area (TPSA) is 130 Å². The average Bonchev–Trinajstić information content (AvgIpc) is 3.65. The second kappa shape index (κ2) is 12.3. The number of fused-ring (bicyclic) bond motifs is 1. The number of amides is 1. The Bertz CT molecular complexity index is 1820. The van der Waals surface area contributed by atoms with Crippen molar-refractivity contribution in [3.8, 4) is 22.9 Å². The van der Waals surface area contributed by atoms with E-state index >= 15 is 0 Å². The fraction of sp³-hybridized carbons (Fsp3) is 0.188. The molecule has 0 aliphatic carbocycles. The molecule has 0 unspecified atom stereocenters. The van der Waals surface area contributed by atoms with Gasteiger partial charge in [0.05, 0.1) is 18.0 Å². The highest BCUT2D eigenvalue weighted by Gasteiger charge is 2.21. The molecular formula is C32H31N7O4. The number of likely N-dealkylation sites (N-methyl/N-ethyl adjacent to an activating group) is 1. The van der Waals surface area contributed by atoms with E-state index in [1.807, 2.05) is 43.5 Å². The summed E-state index contributed by atoms with van der Waals surface area (Å²) >= 11 is 0. The molecule has 11 nitrogen and oxygen atoms in total. The molecule has 2 aromatic heterocycles. The highest BCUT2D eigenvalue weighted by Crippen LogP contribution is 2.26. The number of rotatable bonds is 9. The zero-order chi connectivity index (χ0) is 29.8. The summed E-state index contributed by atoms with van der Waals surface area (Å²) in [6, 6.07) is 23.9. The number of nitrogens with one attached hydrogen (secondary N) is 1. The van der Waals surface area contributed by atoms with Crippen LogP contribution in [0.4, 0.5) is 11.5 Å². The number of nitrogens with zero attached hydrogens (tertiary/aromatic N) is 5. The molecule has 1 saturated heterocycles. The van der Waals surface area contributed by atoms with Gasteiger partial charge in [-0.1, -0.05) is 30.3 Å². The first-order valence-electron chi connectivity index (χ1n) is 13.9. The zero-order valence-electron chi connectivity index (χ0n) is 23.6. The van der Waals surface area contributed by atoms with E-state index in [1.165, 1.54) is 21.5 Å². The minimum atomic E-state index is -0.388. The van der Waals surface area contributed by atoms with Gasteiger partial charge in [0.25, 0.3) is 0 Å². The van der Waals surface area contributed by atoms with E-state index in [0.29, 0.717) is 58.9 Å². The van der Waals surface area contributed by atoms with Gasteiger partial charge in [0, 0.05) is 31.0 Å². The third kappa shape index (κ3) is 6.03. The maximum atomic E-state index is 13.9. The number of carbonyl (C=O) groups excluding carboxylic acids is 1. The lowest BCUT2D eigenvalue weighted by Gasteiger charge is -2.20. The summed E-state index contributed by atoms with van der Waals surface area (Å²) in [6.07, 6.45) is 5.64. The number of nitrogens with two attached hydrogens (primary N) is 1. The summed E-state index contributed by atoms with van der Waals surface area (Å²) in [7, 11) is 2.02. The first-order valence-corrected chi connectivity index (χ1v) is 13.9. The Labute approximate surface area is 247 Å². The van der Waals surface area contributed by atoms with Crippen molar-refractivity contribution in [2.24, 2.45) is 0 Å². The number of para-hydroxylation sites is 1. The number of hydrogen-bond donors (Lipinski definition) is 2. The van der Waals surface area contributed by atoms with Gasteiger partial charge < -0.3 is 20.5 Å². The van der Waals surface area contributed by atoms with Gasteiger partial charge in [-0.3, -0.25) is 14.3 Å². The number of imidazole rings is 1. The van der Waals surface area contributed by atoms with Crippen molar-refractivity contribution < 1.29 is 14.3 Å². The lowest BCUT2D eigenvalue weighted by atomic mass is 10.2. The smallest absolute Gasteiger partial charge is 0.339 e. The van der Waals surface area contributed by atoms with Crippen LogP contribution in [0.3, 0.4) is 0 Å². The summed E-state index contributed by atoms with van der Waals surface area (Å²) in [5.41, 5.74) is 8.20. The van der Waals surface area contributed by atoms with Crippen LogP contribution in [0.25, 0.3) is 22.5 Å². The van der Waals surface area contributed by atoms with E-state index in [0.717, 1.165) is 13.0 Å². The summed E-state index contributed by atoms with van der Waals surface area (Å²) in [6.45, 7) is 2.12. The minimum Gasteiger partial charge on any atom is -0.457 e. The van der Waals surface area contributed by atoms with E-state index in [1.54, 1.807) is 48.5 Å². The second-order valence-electron chi connectivity index (χ2n) is 10.2. The van der Waals surface area contributed by atoms with Gasteiger partial charge in [-0.05, 0) is 68.1 Å². The molecule has 0 saturated carbocycles. The van der Waals surface area contributed by atoms with Gasteiger partial charge in [-0.25, -0.2) is 19.3 Å². The second-order valence-corrected chi connectivity index (χ2v) is 10.2. The highest BCUT2D eigenvalue weighted by atomic mass is 16.5. The van der Waals surface area contributed by atoms with Crippen molar-refractivity contribution >= 4 is 28.6 Å². The molecule has 3 heterocycles. The molecule has 218 valence electrons. The molecule has 0 bridgehead atoms. The van der Waals surface area contributed by atoms with Gasteiger partial charge in [-0.2, -0.15) is 0 Å². The molecule has 0 radical (unpaired) electrons. The van der Waals surface area contributed by atoms with Crippen molar-refractivity contribution in [1.82, 2.24) is 24.0 Å². The molecule has 0 spiro atoms. The number of nitrogen functional groups attached to an aromatic ring is 1. The first kappa shape index (κ1) is 27.9. The van der Waals surface area contributed by atoms with Gasteiger partial charge in [-0.15, -0.1) is 0 Å². The van der Waals surface area contributed by atoms with Crippen molar-refractivity contribution in [3.63, 3.8) is 0 Å². The molecule has 1 aliphatic rings. The third-order valence-corrected chi connectivity index (χ3v) is 7.29. The predicted octanol–water partition coefficient (Wildman–Crippen LogP) is 4.16. The molecule has 11 heteroatoms. The number of anilines is 2. The number of aromatic nitrogens is 4. The Kier molecular flexibility index (Phi) is 7.98. The normalized spacial score (nSPS) is 15.0. The van der Waals surface area contributed by atoms with Crippen LogP contribution >= 0.6 is 0 Å². The van der Waals surface area contributed by atoms with Gasteiger partial charge >= 0.3 is 5.69 Å². The maximum Gasteiger partial charge on any atom is 0.339 e. The molecule has 1 aliphatic heterocycles. The Hall–Kier alpha value is -5.26. The summed E-state index contributed by atoms with van der Waals surface area (Å²) in [5.74, 6) is 1.21. The van der Waals surface area contributed by atoms with Crippen LogP contribution in [0.15, 0.2) is 102 Å². The van der Waals surface area contributed by atoms with Crippen molar-refractivity contribution in [3.05, 3.63) is 108 Å². The Morgan fingerprint density at radius 3 is 2.60 bits per heavy atom. The summed E-state index contributed by atoms with van der Waals surface area (Å²) in [4.78, 5) is 37.3. The molecule has 1 amide bonds. The van der Waals surface area contributed by atoms with Crippen molar-refractivity contribution in [2.45, 2.75) is 12.5 Å². The predicted molar refractivity (Wildman–Crippen MR) is 165 cm³/mol. The Balaban J connectivity index is 1.26. The largest absolute Gasteiger partial charge is 0.457 e. The monoisotopic (exact) mass is 577 g/mol. The third-order valence-electron chi connectivity index (χ3n) is 7.29. The fourth-order valence-corrected chi connectivity index (χ4v) is 5.06. The fourth-order valence-electron chi connectivity index (χ4n) is 5.06. The first-order chi connectivity index (χ1) is 21.0. The Morgan fingerprint density at radius 1 is 1.05 bits per heavy atom. The molecule has 3 N–H and O–H groups in total. The number of benzene rings is 3. The van der Waals surface area contributed by atoms with Gasteiger partial charge in [0.2, 0.25) is 5.91 Å². The van der Waals surface area contributed by atoms with E-state index in [4.69, 9.17) is 15.2 Å². The van der Waals surface area contributed by atoms with Crippen LogP contribution in [0, 0.1) is 0 Å². The molecular weight excluding hydrogens is 546 g/mol. The van der Waals surface area contributed by atoms with E-state index in [2.05, 4.69) is 20.2 Å². The lowest BCUT2D eigenvalue weighted by Crippen LogP contribution is -2.32. The standard InChI is InChI=1S/C32H31N7O4/c1-37(25-16-18-42-20-25)17-6-11-28(40)36-22-7-5-8-24(19-22)39-31-29(30(33)34-21-35-31)38(32(39)41)23-12-14-27(15-13-23)43-26-9-3-2-4-10-26/h2-15,19,21,25H,16-18,20H2,1H3,(H,36,40)(H2,33,34,35)/t25-/m0/s1. The van der Waals surface area contributed by atoms with Crippen LogP contribution in [0.2, 0.25) is 0 Å². The average molecular weight is 578 g/mol. The summed E-state index contributed by atoms with van der Waals surface area (Å²) < 4.78 is 14.3.